The van der Waals surface area contributed by atoms with Gasteiger partial charge in [0.15, 0.2) is 0 Å². The first kappa shape index (κ1) is 9.32. The lowest BCUT2D eigenvalue weighted by Gasteiger charge is -2.29. The van der Waals surface area contributed by atoms with Crippen LogP contribution in [0.3, 0.4) is 0 Å². The Morgan fingerprint density at radius 3 is 2.83 bits per heavy atom. The molecule has 12 heavy (non-hydrogen) atoms. The van der Waals surface area contributed by atoms with Crippen molar-refractivity contribution in [1.82, 2.24) is 10.2 Å². The second kappa shape index (κ2) is 4.30. The van der Waals surface area contributed by atoms with Gasteiger partial charge < -0.3 is 15.0 Å². The number of nitrogens with one attached hydrogen (secondary N) is 1. The molecule has 1 aliphatic rings. The number of hydrogen-bond donors (Lipinski definition) is 1. The van der Waals surface area contributed by atoms with Crippen LogP contribution in [-0.4, -0.2) is 44.3 Å². The molecule has 1 unspecified atom stereocenters. The minimum atomic E-state index is -0.255. The molecule has 1 N–H and O–H groups in total. The van der Waals surface area contributed by atoms with Gasteiger partial charge in [-0.3, -0.25) is 0 Å². The standard InChI is InChI=1S/C8H16N2O2/c1-10(8(11)12-2)6-4-7-3-5-9-7/h7,9H,3-6H2,1-2H3. The summed E-state index contributed by atoms with van der Waals surface area (Å²) >= 11 is 0. The van der Waals surface area contributed by atoms with Crippen molar-refractivity contribution in [3.8, 4) is 0 Å². The fraction of sp³-hybridized carbons (Fsp3) is 0.875. The van der Waals surface area contributed by atoms with Crippen LogP contribution in [0.4, 0.5) is 4.79 Å². The zero-order valence-corrected chi connectivity index (χ0v) is 7.67. The Labute approximate surface area is 72.9 Å². The fourth-order valence-electron chi connectivity index (χ4n) is 1.19. The highest BCUT2D eigenvalue weighted by molar-refractivity contribution is 5.66. The Morgan fingerprint density at radius 2 is 2.42 bits per heavy atom. The van der Waals surface area contributed by atoms with E-state index in [1.807, 2.05) is 0 Å². The summed E-state index contributed by atoms with van der Waals surface area (Å²) in [5.41, 5.74) is 0. The maximum absolute atomic E-state index is 10.9. The summed E-state index contributed by atoms with van der Waals surface area (Å²) in [4.78, 5) is 12.5. The molecule has 0 aromatic heterocycles. The highest BCUT2D eigenvalue weighted by Gasteiger charge is 2.17. The van der Waals surface area contributed by atoms with Crippen molar-refractivity contribution in [3.05, 3.63) is 0 Å². The number of carbonyl (C=O) groups excluding carboxylic acids is 1. The van der Waals surface area contributed by atoms with Crippen LogP contribution in [0.5, 0.6) is 0 Å². The maximum atomic E-state index is 10.9. The molecule has 0 aliphatic carbocycles. The van der Waals surface area contributed by atoms with Crippen LogP contribution in [0.2, 0.25) is 0 Å². The topological polar surface area (TPSA) is 41.6 Å². The summed E-state index contributed by atoms with van der Waals surface area (Å²) in [7, 11) is 3.16. The number of carbonyl (C=O) groups is 1. The van der Waals surface area contributed by atoms with Crippen LogP contribution in [0.25, 0.3) is 0 Å². The van der Waals surface area contributed by atoms with Gasteiger partial charge in [-0.15, -0.1) is 0 Å². The van der Waals surface area contributed by atoms with Crippen molar-refractivity contribution in [2.75, 3.05) is 27.2 Å². The van der Waals surface area contributed by atoms with E-state index in [0.29, 0.717) is 6.04 Å². The molecule has 0 saturated carbocycles. The first-order chi connectivity index (χ1) is 5.74. The average Bonchev–Trinajstić information content (AvgIpc) is 2.00. The monoisotopic (exact) mass is 172 g/mol. The highest BCUT2D eigenvalue weighted by atomic mass is 16.5. The van der Waals surface area contributed by atoms with E-state index in [-0.39, 0.29) is 6.09 Å². The lowest BCUT2D eigenvalue weighted by Crippen LogP contribution is -2.45. The summed E-state index contributed by atoms with van der Waals surface area (Å²) in [6.07, 6.45) is 2.00. The van der Waals surface area contributed by atoms with Gasteiger partial charge in [0.25, 0.3) is 0 Å². The van der Waals surface area contributed by atoms with Gasteiger partial charge in [0, 0.05) is 19.6 Å². The van der Waals surface area contributed by atoms with Crippen molar-refractivity contribution in [3.63, 3.8) is 0 Å². The second-order valence-electron chi connectivity index (χ2n) is 3.12. The van der Waals surface area contributed by atoms with Crippen molar-refractivity contribution in [1.29, 1.82) is 0 Å². The van der Waals surface area contributed by atoms with Crippen LogP contribution in [0, 0.1) is 0 Å². The molecule has 4 nitrogen and oxygen atoms in total. The lowest BCUT2D eigenvalue weighted by molar-refractivity contribution is 0.130. The second-order valence-corrected chi connectivity index (χ2v) is 3.12. The van der Waals surface area contributed by atoms with Gasteiger partial charge in [-0.2, -0.15) is 0 Å². The number of methoxy groups -OCH3 is 1. The van der Waals surface area contributed by atoms with Gasteiger partial charge in [0.2, 0.25) is 0 Å². The van der Waals surface area contributed by atoms with Gasteiger partial charge in [-0.25, -0.2) is 4.79 Å². The molecule has 0 aromatic rings. The van der Waals surface area contributed by atoms with E-state index >= 15 is 0 Å². The Morgan fingerprint density at radius 1 is 1.75 bits per heavy atom. The molecule has 1 fully saturated rings. The van der Waals surface area contributed by atoms with E-state index in [9.17, 15) is 4.79 Å². The number of hydrogen-bond acceptors (Lipinski definition) is 3. The molecule has 0 spiro atoms. The van der Waals surface area contributed by atoms with E-state index in [1.54, 1.807) is 11.9 Å². The van der Waals surface area contributed by atoms with Gasteiger partial charge in [-0.05, 0) is 19.4 Å². The number of rotatable bonds is 3. The first-order valence-corrected chi connectivity index (χ1v) is 4.26. The Kier molecular flexibility index (Phi) is 3.34. The Balaban J connectivity index is 2.08. The molecular weight excluding hydrogens is 156 g/mol. The summed E-state index contributed by atoms with van der Waals surface area (Å²) in [5.74, 6) is 0. The lowest BCUT2D eigenvalue weighted by atomic mass is 10.0. The van der Waals surface area contributed by atoms with Crippen LogP contribution in [-0.2, 0) is 4.74 Å². The molecule has 4 heteroatoms. The summed E-state index contributed by atoms with van der Waals surface area (Å²) in [6.45, 7) is 1.89. The molecule has 1 aliphatic heterocycles. The van der Waals surface area contributed by atoms with Crippen LogP contribution < -0.4 is 5.32 Å². The van der Waals surface area contributed by atoms with E-state index < -0.39 is 0 Å². The van der Waals surface area contributed by atoms with Gasteiger partial charge >= 0.3 is 6.09 Å². The highest BCUT2D eigenvalue weighted by Crippen LogP contribution is 2.06. The van der Waals surface area contributed by atoms with E-state index in [2.05, 4.69) is 10.1 Å². The largest absolute Gasteiger partial charge is 0.453 e. The van der Waals surface area contributed by atoms with Crippen LogP contribution in [0.15, 0.2) is 0 Å². The van der Waals surface area contributed by atoms with Crippen molar-refractivity contribution in [2.24, 2.45) is 0 Å². The third-order valence-electron chi connectivity index (χ3n) is 2.23. The van der Waals surface area contributed by atoms with Gasteiger partial charge in [0.05, 0.1) is 7.11 Å². The normalized spacial score (nSPS) is 21.3. The first-order valence-electron chi connectivity index (χ1n) is 4.26. The van der Waals surface area contributed by atoms with Crippen molar-refractivity contribution < 1.29 is 9.53 Å². The molecule has 70 valence electrons. The predicted molar refractivity (Wildman–Crippen MR) is 46.1 cm³/mol. The third kappa shape index (κ3) is 2.37. The third-order valence-corrected chi connectivity index (χ3v) is 2.23. The molecule has 1 rings (SSSR count). The molecule has 0 aromatic carbocycles. The minimum absolute atomic E-state index is 0.255. The average molecular weight is 172 g/mol. The zero-order chi connectivity index (χ0) is 8.97. The molecule has 1 amide bonds. The maximum Gasteiger partial charge on any atom is 0.409 e. The van der Waals surface area contributed by atoms with Gasteiger partial charge in [-0.1, -0.05) is 0 Å². The molecule has 1 atom stereocenters. The minimum Gasteiger partial charge on any atom is -0.453 e. The van der Waals surface area contributed by atoms with E-state index in [0.717, 1.165) is 19.5 Å². The molecule has 0 radical (unpaired) electrons. The van der Waals surface area contributed by atoms with E-state index in [1.165, 1.54) is 13.5 Å². The molecule has 1 saturated heterocycles. The summed E-state index contributed by atoms with van der Waals surface area (Å²) in [5, 5.41) is 3.28. The van der Waals surface area contributed by atoms with Gasteiger partial charge in [0.1, 0.15) is 0 Å². The fourth-order valence-corrected chi connectivity index (χ4v) is 1.19. The van der Waals surface area contributed by atoms with Crippen molar-refractivity contribution in [2.45, 2.75) is 18.9 Å². The molecule has 1 heterocycles. The number of amides is 1. The number of nitrogens with zero attached hydrogens (tertiary/aromatic N) is 1. The smallest absolute Gasteiger partial charge is 0.409 e. The van der Waals surface area contributed by atoms with Crippen molar-refractivity contribution >= 4 is 6.09 Å². The van der Waals surface area contributed by atoms with E-state index in [4.69, 9.17) is 0 Å². The molecular formula is C8H16N2O2. The van der Waals surface area contributed by atoms with Crippen LogP contribution in [0.1, 0.15) is 12.8 Å². The summed E-state index contributed by atoms with van der Waals surface area (Å²) < 4.78 is 4.56. The zero-order valence-electron chi connectivity index (χ0n) is 7.67. The Hall–Kier alpha value is -0.770. The quantitative estimate of drug-likeness (QED) is 0.671. The SMILES string of the molecule is COC(=O)N(C)CCC1CCN1. The predicted octanol–water partition coefficient (Wildman–Crippen LogP) is 0.437. The van der Waals surface area contributed by atoms with Crippen LogP contribution >= 0.6 is 0 Å². The number of ether oxygens (including phenoxy) is 1. The molecule has 0 bridgehead atoms. The Bertz CT molecular complexity index is 157. The summed E-state index contributed by atoms with van der Waals surface area (Å²) in [6, 6.07) is 0.608.